The highest BCUT2D eigenvalue weighted by Gasteiger charge is 2.37. The van der Waals surface area contributed by atoms with Crippen molar-refractivity contribution >= 4 is 22.7 Å². The summed E-state index contributed by atoms with van der Waals surface area (Å²) in [6, 6.07) is 16.2. The van der Waals surface area contributed by atoms with Crippen molar-refractivity contribution in [2.24, 2.45) is 0 Å². The number of nitrogens with zero attached hydrogens (tertiary/aromatic N) is 2. The van der Waals surface area contributed by atoms with E-state index in [1.54, 1.807) is 0 Å². The molecule has 5 heteroatoms. The van der Waals surface area contributed by atoms with Gasteiger partial charge in [0.05, 0.1) is 11.1 Å². The van der Waals surface area contributed by atoms with Crippen LogP contribution < -0.4 is 5.32 Å². The van der Waals surface area contributed by atoms with Crippen molar-refractivity contribution in [2.45, 2.75) is 64.6 Å². The molecule has 0 saturated heterocycles. The fourth-order valence-corrected chi connectivity index (χ4v) is 5.07. The molecule has 32 heavy (non-hydrogen) atoms. The highest BCUT2D eigenvalue weighted by Crippen LogP contribution is 2.34. The number of pyridine rings is 1. The Labute approximate surface area is 188 Å². The number of carbonyl (C=O) groups excluding carboxylic acids is 2. The molecule has 2 amide bonds. The number of benzene rings is 2. The molecule has 1 aliphatic carbocycles. The van der Waals surface area contributed by atoms with E-state index in [9.17, 15) is 9.59 Å². The number of amides is 2. The molecule has 2 heterocycles. The van der Waals surface area contributed by atoms with Gasteiger partial charge in [-0.3, -0.25) is 9.59 Å². The molecule has 1 saturated carbocycles. The fourth-order valence-electron chi connectivity index (χ4n) is 5.07. The van der Waals surface area contributed by atoms with Crippen LogP contribution in [0.25, 0.3) is 10.9 Å². The second-order valence-corrected chi connectivity index (χ2v) is 8.91. The van der Waals surface area contributed by atoms with Crippen LogP contribution in [-0.4, -0.2) is 27.7 Å². The number of para-hydroxylation sites is 1. The van der Waals surface area contributed by atoms with Crippen LogP contribution >= 0.6 is 0 Å². The van der Waals surface area contributed by atoms with Crippen LogP contribution in [0.2, 0.25) is 0 Å². The predicted octanol–water partition coefficient (Wildman–Crippen LogP) is 5.02. The maximum absolute atomic E-state index is 13.4. The summed E-state index contributed by atoms with van der Waals surface area (Å²) in [5.74, 6) is -0.167. The van der Waals surface area contributed by atoms with E-state index in [1.165, 1.54) is 12.0 Å². The molecule has 0 radical (unpaired) electrons. The standard InChI is InChI=1S/C27H29N3O2/c1-2-18-12-14-19(15-13-18)16-28-26(31)24-21-10-6-7-11-23(21)29-25-22(24)17-30(27(25)32)20-8-4-3-5-9-20/h6-7,10-15,20H,2-5,8-9,16-17H2,1H3,(H,28,31). The molecule has 1 aliphatic heterocycles. The van der Waals surface area contributed by atoms with Crippen molar-refractivity contribution < 1.29 is 9.59 Å². The van der Waals surface area contributed by atoms with Gasteiger partial charge in [-0.05, 0) is 36.5 Å². The monoisotopic (exact) mass is 427 g/mol. The van der Waals surface area contributed by atoms with Gasteiger partial charge in [0.25, 0.3) is 11.8 Å². The van der Waals surface area contributed by atoms with Gasteiger partial charge in [-0.15, -0.1) is 0 Å². The third-order valence-electron chi connectivity index (χ3n) is 6.91. The molecular weight excluding hydrogens is 398 g/mol. The lowest BCUT2D eigenvalue weighted by Crippen LogP contribution is -2.37. The van der Waals surface area contributed by atoms with Gasteiger partial charge in [-0.1, -0.05) is 68.7 Å². The van der Waals surface area contributed by atoms with Gasteiger partial charge in [0, 0.05) is 30.1 Å². The van der Waals surface area contributed by atoms with E-state index in [2.05, 4.69) is 36.5 Å². The van der Waals surface area contributed by atoms with Crippen LogP contribution in [0.3, 0.4) is 0 Å². The molecule has 1 N–H and O–H groups in total. The largest absolute Gasteiger partial charge is 0.348 e. The smallest absolute Gasteiger partial charge is 0.273 e. The van der Waals surface area contributed by atoms with E-state index in [-0.39, 0.29) is 17.9 Å². The maximum Gasteiger partial charge on any atom is 0.273 e. The molecule has 2 aliphatic rings. The predicted molar refractivity (Wildman–Crippen MR) is 125 cm³/mol. The molecule has 0 bridgehead atoms. The van der Waals surface area contributed by atoms with Gasteiger partial charge in [0.1, 0.15) is 5.69 Å². The molecule has 164 valence electrons. The molecule has 0 atom stereocenters. The average Bonchev–Trinajstić information content (AvgIpc) is 3.17. The Kier molecular flexibility index (Phi) is 5.64. The zero-order chi connectivity index (χ0) is 22.1. The molecule has 2 aromatic carbocycles. The van der Waals surface area contributed by atoms with Crippen LogP contribution in [0.5, 0.6) is 0 Å². The van der Waals surface area contributed by atoms with E-state index < -0.39 is 0 Å². The van der Waals surface area contributed by atoms with Crippen molar-refractivity contribution in [1.82, 2.24) is 15.2 Å². The van der Waals surface area contributed by atoms with E-state index in [0.717, 1.165) is 48.6 Å². The highest BCUT2D eigenvalue weighted by atomic mass is 16.2. The van der Waals surface area contributed by atoms with Crippen molar-refractivity contribution in [3.8, 4) is 0 Å². The molecule has 1 fully saturated rings. The average molecular weight is 428 g/mol. The summed E-state index contributed by atoms with van der Waals surface area (Å²) in [6.07, 6.45) is 6.62. The third kappa shape index (κ3) is 3.77. The van der Waals surface area contributed by atoms with E-state index in [4.69, 9.17) is 4.98 Å². The molecular formula is C27H29N3O2. The minimum absolute atomic E-state index is 0.0261. The summed E-state index contributed by atoms with van der Waals surface area (Å²) < 4.78 is 0. The van der Waals surface area contributed by atoms with Crippen LogP contribution in [0, 0.1) is 0 Å². The highest BCUT2D eigenvalue weighted by molar-refractivity contribution is 6.11. The first-order valence-corrected chi connectivity index (χ1v) is 11.7. The quantitative estimate of drug-likeness (QED) is 0.622. The zero-order valence-corrected chi connectivity index (χ0v) is 18.6. The van der Waals surface area contributed by atoms with Gasteiger partial charge in [0.2, 0.25) is 0 Å². The summed E-state index contributed by atoms with van der Waals surface area (Å²) in [5.41, 5.74) is 4.86. The number of fused-ring (bicyclic) bond motifs is 2. The Morgan fingerprint density at radius 2 is 1.75 bits per heavy atom. The molecule has 0 spiro atoms. The third-order valence-corrected chi connectivity index (χ3v) is 6.91. The number of aryl methyl sites for hydroxylation is 1. The Balaban J connectivity index is 1.47. The molecule has 5 nitrogen and oxygen atoms in total. The number of hydrogen-bond acceptors (Lipinski definition) is 3. The first-order valence-electron chi connectivity index (χ1n) is 11.7. The Morgan fingerprint density at radius 1 is 1.03 bits per heavy atom. The number of aromatic nitrogens is 1. The summed E-state index contributed by atoms with van der Waals surface area (Å²) >= 11 is 0. The lowest BCUT2D eigenvalue weighted by molar-refractivity contribution is 0.0655. The number of nitrogens with one attached hydrogen (secondary N) is 1. The van der Waals surface area contributed by atoms with Crippen molar-refractivity contribution in [2.75, 3.05) is 0 Å². The summed E-state index contributed by atoms with van der Waals surface area (Å²) in [5, 5.41) is 3.90. The minimum Gasteiger partial charge on any atom is -0.348 e. The van der Waals surface area contributed by atoms with Gasteiger partial charge in [-0.25, -0.2) is 4.98 Å². The van der Waals surface area contributed by atoms with Crippen molar-refractivity contribution in [1.29, 1.82) is 0 Å². The first-order chi connectivity index (χ1) is 15.7. The van der Waals surface area contributed by atoms with E-state index >= 15 is 0 Å². The Morgan fingerprint density at radius 3 is 2.50 bits per heavy atom. The Hall–Kier alpha value is -3.21. The topological polar surface area (TPSA) is 62.3 Å². The maximum atomic E-state index is 13.4. The molecule has 0 unspecified atom stereocenters. The van der Waals surface area contributed by atoms with Gasteiger partial charge >= 0.3 is 0 Å². The van der Waals surface area contributed by atoms with Gasteiger partial charge < -0.3 is 10.2 Å². The van der Waals surface area contributed by atoms with Crippen molar-refractivity contribution in [3.05, 3.63) is 76.5 Å². The van der Waals surface area contributed by atoms with Crippen LogP contribution in [0.1, 0.15) is 76.6 Å². The zero-order valence-electron chi connectivity index (χ0n) is 18.6. The molecule has 1 aromatic heterocycles. The van der Waals surface area contributed by atoms with Crippen molar-refractivity contribution in [3.63, 3.8) is 0 Å². The van der Waals surface area contributed by atoms with E-state index in [1.807, 2.05) is 29.2 Å². The van der Waals surface area contributed by atoms with Gasteiger partial charge in [-0.2, -0.15) is 0 Å². The lowest BCUT2D eigenvalue weighted by Gasteiger charge is -2.30. The minimum atomic E-state index is -0.141. The second-order valence-electron chi connectivity index (χ2n) is 8.91. The molecule has 5 rings (SSSR count). The van der Waals surface area contributed by atoms with Gasteiger partial charge in [0.15, 0.2) is 0 Å². The normalized spacial score (nSPS) is 16.4. The number of hydrogen-bond donors (Lipinski definition) is 1. The Bertz CT molecular complexity index is 1160. The number of carbonyl (C=O) groups is 2. The molecule has 3 aromatic rings. The van der Waals surface area contributed by atoms with Crippen LogP contribution in [0.4, 0.5) is 0 Å². The van der Waals surface area contributed by atoms with Crippen LogP contribution in [-0.2, 0) is 19.5 Å². The van der Waals surface area contributed by atoms with Crippen LogP contribution in [0.15, 0.2) is 48.5 Å². The SMILES string of the molecule is CCc1ccc(CNC(=O)c2c3c(nc4ccccc24)C(=O)N(C2CCCCC2)C3)cc1. The first kappa shape index (κ1) is 20.7. The summed E-state index contributed by atoms with van der Waals surface area (Å²) in [7, 11) is 0. The summed E-state index contributed by atoms with van der Waals surface area (Å²) in [6.45, 7) is 3.06. The fraction of sp³-hybridized carbons (Fsp3) is 0.370. The lowest BCUT2D eigenvalue weighted by atomic mass is 9.94. The second kappa shape index (κ2) is 8.73. The number of rotatable bonds is 5. The van der Waals surface area contributed by atoms with E-state index in [0.29, 0.717) is 29.9 Å². The summed E-state index contributed by atoms with van der Waals surface area (Å²) in [4.78, 5) is 33.4.